The standard InChI is InChI=1S/C43H87NO4/c1-3-5-7-9-11-13-15-17-19-20-21-22-24-25-27-29-31-33-35-37-41(46)43(48)40(39-45)44-42(47)38-36-34-32-30-28-26-23-18-16-14-12-10-8-6-4-2/h40-41,43,45-46,48H,3-39H2,1-2H3,(H,44,47). The molecule has 4 N–H and O–H groups in total. The van der Waals surface area contributed by atoms with Gasteiger partial charge in [-0.15, -0.1) is 0 Å². The van der Waals surface area contributed by atoms with Crippen molar-refractivity contribution < 1.29 is 20.1 Å². The summed E-state index contributed by atoms with van der Waals surface area (Å²) in [6.07, 6.45) is 43.5. The molecular weight excluding hydrogens is 594 g/mol. The van der Waals surface area contributed by atoms with Gasteiger partial charge in [-0.2, -0.15) is 0 Å². The molecule has 0 bridgehead atoms. The molecule has 0 fully saturated rings. The van der Waals surface area contributed by atoms with Gasteiger partial charge in [0, 0.05) is 6.42 Å². The fourth-order valence-corrected chi connectivity index (χ4v) is 7.05. The molecular formula is C43H87NO4. The van der Waals surface area contributed by atoms with Gasteiger partial charge in [0.2, 0.25) is 5.91 Å². The van der Waals surface area contributed by atoms with Crippen LogP contribution in [0.5, 0.6) is 0 Å². The first-order valence-corrected chi connectivity index (χ1v) is 21.8. The van der Waals surface area contributed by atoms with E-state index < -0.39 is 18.2 Å². The Kier molecular flexibility index (Phi) is 38.6. The number of aliphatic hydroxyl groups is 3. The molecule has 288 valence electrons. The van der Waals surface area contributed by atoms with Crippen LogP contribution < -0.4 is 5.32 Å². The highest BCUT2D eigenvalue weighted by Crippen LogP contribution is 2.17. The third kappa shape index (κ3) is 33.8. The topological polar surface area (TPSA) is 89.8 Å². The molecule has 0 aromatic carbocycles. The second kappa shape index (κ2) is 39.1. The van der Waals surface area contributed by atoms with E-state index in [1.807, 2.05) is 0 Å². The highest BCUT2D eigenvalue weighted by molar-refractivity contribution is 5.76. The molecule has 3 unspecified atom stereocenters. The molecule has 0 rings (SSSR count). The molecule has 0 aliphatic carbocycles. The van der Waals surface area contributed by atoms with Crippen LogP contribution >= 0.6 is 0 Å². The Balaban J connectivity index is 3.58. The molecule has 0 aliphatic rings. The van der Waals surface area contributed by atoms with E-state index in [2.05, 4.69) is 19.2 Å². The molecule has 48 heavy (non-hydrogen) atoms. The fraction of sp³-hybridized carbons (Fsp3) is 0.977. The van der Waals surface area contributed by atoms with Crippen molar-refractivity contribution in [2.75, 3.05) is 6.61 Å². The van der Waals surface area contributed by atoms with Crippen LogP contribution in [0.1, 0.15) is 245 Å². The predicted molar refractivity (Wildman–Crippen MR) is 209 cm³/mol. The third-order valence-electron chi connectivity index (χ3n) is 10.5. The summed E-state index contributed by atoms with van der Waals surface area (Å²) in [4.78, 5) is 12.4. The van der Waals surface area contributed by atoms with Crippen LogP contribution in [0.2, 0.25) is 0 Å². The van der Waals surface area contributed by atoms with Crippen molar-refractivity contribution in [2.45, 2.75) is 263 Å². The van der Waals surface area contributed by atoms with Crippen molar-refractivity contribution in [3.05, 3.63) is 0 Å². The molecule has 3 atom stereocenters. The maximum Gasteiger partial charge on any atom is 0.220 e. The molecule has 0 saturated carbocycles. The van der Waals surface area contributed by atoms with E-state index in [1.54, 1.807) is 0 Å². The van der Waals surface area contributed by atoms with Crippen LogP contribution in [0.25, 0.3) is 0 Å². The smallest absolute Gasteiger partial charge is 0.220 e. The number of nitrogens with one attached hydrogen (secondary N) is 1. The minimum absolute atomic E-state index is 0.140. The van der Waals surface area contributed by atoms with E-state index in [4.69, 9.17) is 0 Å². The Morgan fingerprint density at radius 3 is 1.00 bits per heavy atom. The Labute approximate surface area is 300 Å². The van der Waals surface area contributed by atoms with Gasteiger partial charge in [-0.1, -0.05) is 226 Å². The van der Waals surface area contributed by atoms with Gasteiger partial charge >= 0.3 is 0 Å². The van der Waals surface area contributed by atoms with Crippen LogP contribution in [0.3, 0.4) is 0 Å². The number of aliphatic hydroxyl groups excluding tert-OH is 3. The second-order valence-electron chi connectivity index (χ2n) is 15.3. The van der Waals surface area contributed by atoms with Gasteiger partial charge in [0.1, 0.15) is 6.10 Å². The number of rotatable bonds is 40. The van der Waals surface area contributed by atoms with Crippen molar-refractivity contribution >= 4 is 5.91 Å². The fourth-order valence-electron chi connectivity index (χ4n) is 7.05. The van der Waals surface area contributed by atoms with Crippen LogP contribution in [0, 0.1) is 0 Å². The summed E-state index contributed by atoms with van der Waals surface area (Å²) < 4.78 is 0. The maximum absolute atomic E-state index is 12.4. The normalized spacial score (nSPS) is 13.5. The van der Waals surface area contributed by atoms with Crippen LogP contribution in [0.15, 0.2) is 0 Å². The summed E-state index contributed by atoms with van der Waals surface area (Å²) in [5.41, 5.74) is 0. The monoisotopic (exact) mass is 682 g/mol. The largest absolute Gasteiger partial charge is 0.394 e. The van der Waals surface area contributed by atoms with Crippen molar-refractivity contribution in [1.29, 1.82) is 0 Å². The summed E-state index contributed by atoms with van der Waals surface area (Å²) >= 11 is 0. The molecule has 5 heteroatoms. The van der Waals surface area contributed by atoms with Crippen molar-refractivity contribution in [1.82, 2.24) is 5.32 Å². The van der Waals surface area contributed by atoms with Gasteiger partial charge < -0.3 is 20.6 Å². The van der Waals surface area contributed by atoms with Gasteiger partial charge in [-0.25, -0.2) is 0 Å². The summed E-state index contributed by atoms with van der Waals surface area (Å²) in [5, 5.41) is 33.5. The summed E-state index contributed by atoms with van der Waals surface area (Å²) in [7, 11) is 0. The zero-order valence-electron chi connectivity index (χ0n) is 32.6. The van der Waals surface area contributed by atoms with Crippen molar-refractivity contribution in [3.8, 4) is 0 Å². The van der Waals surface area contributed by atoms with Gasteiger partial charge in [-0.3, -0.25) is 4.79 Å². The first kappa shape index (κ1) is 47.4. The lowest BCUT2D eigenvalue weighted by Crippen LogP contribution is -2.50. The number of amides is 1. The van der Waals surface area contributed by atoms with E-state index in [9.17, 15) is 20.1 Å². The van der Waals surface area contributed by atoms with Gasteiger partial charge in [0.25, 0.3) is 0 Å². The second-order valence-corrected chi connectivity index (χ2v) is 15.3. The van der Waals surface area contributed by atoms with Gasteiger partial charge in [0.05, 0.1) is 18.8 Å². The van der Waals surface area contributed by atoms with Crippen LogP contribution in [-0.4, -0.2) is 46.1 Å². The molecule has 0 aromatic heterocycles. The minimum Gasteiger partial charge on any atom is -0.394 e. The highest BCUT2D eigenvalue weighted by Gasteiger charge is 2.26. The SMILES string of the molecule is CCCCCCCCCCCCCCCCCCCCCC(O)C(O)C(CO)NC(=O)CCCCCCCCCCCCCCCCC. The zero-order valence-corrected chi connectivity index (χ0v) is 32.6. The average molecular weight is 682 g/mol. The lowest BCUT2D eigenvalue weighted by Gasteiger charge is -2.26. The number of hydrogen-bond donors (Lipinski definition) is 4. The molecule has 0 heterocycles. The van der Waals surface area contributed by atoms with Gasteiger partial charge in [0.15, 0.2) is 0 Å². The first-order chi connectivity index (χ1) is 23.6. The van der Waals surface area contributed by atoms with E-state index in [0.29, 0.717) is 12.8 Å². The number of carbonyl (C=O) groups is 1. The first-order valence-electron chi connectivity index (χ1n) is 21.8. The number of unbranched alkanes of at least 4 members (excludes halogenated alkanes) is 32. The Morgan fingerprint density at radius 1 is 0.438 bits per heavy atom. The minimum atomic E-state index is -1.13. The van der Waals surface area contributed by atoms with Crippen molar-refractivity contribution in [3.63, 3.8) is 0 Å². The van der Waals surface area contributed by atoms with Crippen LogP contribution in [-0.2, 0) is 4.79 Å². The molecule has 1 amide bonds. The lowest BCUT2D eigenvalue weighted by atomic mass is 9.99. The third-order valence-corrected chi connectivity index (χ3v) is 10.5. The highest BCUT2D eigenvalue weighted by atomic mass is 16.3. The maximum atomic E-state index is 12.4. The Hall–Kier alpha value is -0.650. The average Bonchev–Trinajstić information content (AvgIpc) is 3.09. The predicted octanol–water partition coefficient (Wildman–Crippen LogP) is 12.3. The summed E-state index contributed by atoms with van der Waals surface area (Å²) in [5.74, 6) is -0.140. The molecule has 0 aliphatic heterocycles. The molecule has 0 aromatic rings. The summed E-state index contributed by atoms with van der Waals surface area (Å²) in [6, 6.07) is -0.802. The zero-order chi connectivity index (χ0) is 35.2. The Bertz CT molecular complexity index is 630. The number of hydrogen-bond acceptors (Lipinski definition) is 4. The summed E-state index contributed by atoms with van der Waals surface area (Å²) in [6.45, 7) is 4.20. The quantitative estimate of drug-likeness (QED) is 0.0485. The lowest BCUT2D eigenvalue weighted by molar-refractivity contribution is -0.124. The van der Waals surface area contributed by atoms with E-state index in [-0.39, 0.29) is 12.5 Å². The molecule has 0 radical (unpaired) electrons. The molecule has 0 spiro atoms. The van der Waals surface area contributed by atoms with Gasteiger partial charge in [-0.05, 0) is 12.8 Å². The molecule has 5 nitrogen and oxygen atoms in total. The van der Waals surface area contributed by atoms with Crippen LogP contribution in [0.4, 0.5) is 0 Å². The van der Waals surface area contributed by atoms with E-state index in [0.717, 1.165) is 32.1 Å². The van der Waals surface area contributed by atoms with E-state index in [1.165, 1.54) is 186 Å². The van der Waals surface area contributed by atoms with Crippen molar-refractivity contribution in [2.24, 2.45) is 0 Å². The molecule has 0 saturated heterocycles. The van der Waals surface area contributed by atoms with E-state index >= 15 is 0 Å². The number of carbonyl (C=O) groups excluding carboxylic acids is 1. The Morgan fingerprint density at radius 2 is 0.708 bits per heavy atom.